The van der Waals surface area contributed by atoms with Crippen molar-refractivity contribution in [3.8, 4) is 0 Å². The molecule has 25 heavy (non-hydrogen) atoms. The zero-order valence-corrected chi connectivity index (χ0v) is 15.1. The van der Waals surface area contributed by atoms with Gasteiger partial charge >= 0.3 is 5.97 Å². The lowest BCUT2D eigenvalue weighted by atomic mass is 9.79. The van der Waals surface area contributed by atoms with Crippen molar-refractivity contribution >= 4 is 33.3 Å². The SMILES string of the molecule is COC(=O)c1cc2cnc(C(=O)N[C@@H]3C4CCN(CC4)[C@H]3C)cc2s1. The predicted octanol–water partition coefficient (Wildman–Crippen LogP) is 2.30. The molecule has 3 fully saturated rings. The number of hydrogen-bond donors (Lipinski definition) is 1. The molecule has 2 atom stereocenters. The van der Waals surface area contributed by atoms with Crippen LogP contribution < -0.4 is 5.32 Å². The Kier molecular flexibility index (Phi) is 4.21. The van der Waals surface area contributed by atoms with Crippen molar-refractivity contribution in [1.29, 1.82) is 0 Å². The lowest BCUT2D eigenvalue weighted by Crippen LogP contribution is -2.62. The van der Waals surface area contributed by atoms with E-state index in [2.05, 4.69) is 22.1 Å². The van der Waals surface area contributed by atoms with E-state index in [1.165, 1.54) is 18.4 Å². The topological polar surface area (TPSA) is 71.5 Å². The predicted molar refractivity (Wildman–Crippen MR) is 96.0 cm³/mol. The van der Waals surface area contributed by atoms with E-state index < -0.39 is 0 Å². The third-order valence-electron chi connectivity index (χ3n) is 5.50. The van der Waals surface area contributed by atoms with Crippen LogP contribution in [0.2, 0.25) is 0 Å². The monoisotopic (exact) mass is 359 g/mol. The van der Waals surface area contributed by atoms with Gasteiger partial charge in [0.1, 0.15) is 10.6 Å². The fraction of sp³-hybridized carbons (Fsp3) is 0.500. The minimum atomic E-state index is -0.367. The Bertz CT molecular complexity index is 824. The number of amides is 1. The highest BCUT2D eigenvalue weighted by Crippen LogP contribution is 2.32. The number of hydrogen-bond acceptors (Lipinski definition) is 6. The maximum absolute atomic E-state index is 12.7. The summed E-state index contributed by atoms with van der Waals surface area (Å²) in [7, 11) is 1.36. The summed E-state index contributed by atoms with van der Waals surface area (Å²) in [5, 5.41) is 4.04. The van der Waals surface area contributed by atoms with Crippen LogP contribution >= 0.6 is 11.3 Å². The zero-order valence-electron chi connectivity index (χ0n) is 14.3. The number of nitrogens with zero attached hydrogens (tertiary/aromatic N) is 2. The van der Waals surface area contributed by atoms with E-state index in [1.54, 1.807) is 18.3 Å². The smallest absolute Gasteiger partial charge is 0.348 e. The second kappa shape index (κ2) is 6.38. The number of carbonyl (C=O) groups excluding carboxylic acids is 2. The largest absolute Gasteiger partial charge is 0.465 e. The number of nitrogens with one attached hydrogen (secondary N) is 1. The van der Waals surface area contributed by atoms with Crippen LogP contribution in [0.3, 0.4) is 0 Å². The average Bonchev–Trinajstić information content (AvgIpc) is 3.07. The van der Waals surface area contributed by atoms with Crippen LogP contribution in [0.4, 0.5) is 0 Å². The van der Waals surface area contributed by atoms with Crippen LogP contribution in [0.25, 0.3) is 10.1 Å². The summed E-state index contributed by atoms with van der Waals surface area (Å²) >= 11 is 1.32. The molecule has 0 unspecified atom stereocenters. The number of aromatic nitrogens is 1. The normalized spacial score (nSPS) is 28.1. The fourth-order valence-electron chi connectivity index (χ4n) is 4.03. The number of pyridine rings is 1. The average molecular weight is 359 g/mol. The van der Waals surface area contributed by atoms with Crippen molar-refractivity contribution in [3.05, 3.63) is 28.9 Å². The molecule has 2 aromatic heterocycles. The molecule has 3 aliphatic rings. The van der Waals surface area contributed by atoms with Gasteiger partial charge in [0.2, 0.25) is 0 Å². The molecule has 2 bridgehead atoms. The number of thiophene rings is 1. The van der Waals surface area contributed by atoms with Crippen LogP contribution in [0.1, 0.15) is 39.9 Å². The first-order valence-electron chi connectivity index (χ1n) is 8.59. The minimum absolute atomic E-state index is 0.138. The first-order chi connectivity index (χ1) is 12.1. The molecule has 0 radical (unpaired) electrons. The van der Waals surface area contributed by atoms with Gasteiger partial charge in [-0.05, 0) is 50.9 Å². The van der Waals surface area contributed by atoms with Gasteiger partial charge in [0.25, 0.3) is 5.91 Å². The molecule has 7 heteroatoms. The van der Waals surface area contributed by atoms with E-state index in [-0.39, 0.29) is 17.9 Å². The van der Waals surface area contributed by atoms with Crippen molar-refractivity contribution in [2.75, 3.05) is 20.2 Å². The molecule has 0 aromatic carbocycles. The van der Waals surface area contributed by atoms with Gasteiger partial charge in [-0.1, -0.05) is 0 Å². The third-order valence-corrected chi connectivity index (χ3v) is 6.57. The second-order valence-corrected chi connectivity index (χ2v) is 7.91. The highest BCUT2D eigenvalue weighted by Gasteiger charge is 2.40. The number of esters is 1. The Balaban J connectivity index is 1.54. The van der Waals surface area contributed by atoms with Crippen LogP contribution in [0.5, 0.6) is 0 Å². The van der Waals surface area contributed by atoms with Crippen LogP contribution in [-0.4, -0.2) is 54.0 Å². The molecule has 5 rings (SSSR count). The van der Waals surface area contributed by atoms with E-state index in [0.29, 0.717) is 22.5 Å². The molecular weight excluding hydrogens is 338 g/mol. The third kappa shape index (κ3) is 2.91. The van der Waals surface area contributed by atoms with Crippen molar-refractivity contribution in [3.63, 3.8) is 0 Å². The number of fused-ring (bicyclic) bond motifs is 4. The number of ether oxygens (including phenoxy) is 1. The number of rotatable bonds is 3. The molecule has 0 saturated carbocycles. The van der Waals surface area contributed by atoms with Crippen molar-refractivity contribution in [2.24, 2.45) is 5.92 Å². The summed E-state index contributed by atoms with van der Waals surface area (Å²) in [4.78, 5) is 31.6. The molecule has 3 saturated heterocycles. The Hall–Kier alpha value is -1.99. The highest BCUT2D eigenvalue weighted by atomic mass is 32.1. The zero-order chi connectivity index (χ0) is 17.6. The lowest BCUT2D eigenvalue weighted by molar-refractivity contribution is 0.0216. The van der Waals surface area contributed by atoms with Gasteiger partial charge in [-0.15, -0.1) is 11.3 Å². The van der Waals surface area contributed by atoms with Gasteiger partial charge in [-0.3, -0.25) is 14.7 Å². The molecule has 1 N–H and O–H groups in total. The van der Waals surface area contributed by atoms with E-state index >= 15 is 0 Å². The van der Waals surface area contributed by atoms with Crippen LogP contribution in [-0.2, 0) is 4.74 Å². The number of methoxy groups -OCH3 is 1. The quantitative estimate of drug-likeness (QED) is 0.852. The molecule has 0 aliphatic carbocycles. The van der Waals surface area contributed by atoms with Crippen molar-refractivity contribution in [1.82, 2.24) is 15.2 Å². The molecule has 6 nitrogen and oxygen atoms in total. The summed E-state index contributed by atoms with van der Waals surface area (Å²) in [6, 6.07) is 4.05. The Morgan fingerprint density at radius 3 is 2.76 bits per heavy atom. The van der Waals surface area contributed by atoms with Gasteiger partial charge < -0.3 is 10.1 Å². The number of piperidine rings is 3. The standard InChI is InChI=1S/C18H21N3O3S/c1-10-16(11-3-5-21(10)6-4-11)20-17(22)13-8-14-12(9-19-13)7-15(25-14)18(23)24-2/h7-11,16H,3-6H2,1-2H3,(H,20,22)/t10-,16-/m0/s1. The van der Waals surface area contributed by atoms with Crippen LogP contribution in [0, 0.1) is 5.92 Å². The first-order valence-corrected chi connectivity index (χ1v) is 9.41. The number of carbonyl (C=O) groups is 2. The molecule has 3 aliphatic heterocycles. The maximum atomic E-state index is 12.7. The Morgan fingerprint density at radius 1 is 1.32 bits per heavy atom. The summed E-state index contributed by atoms with van der Waals surface area (Å²) in [5.41, 5.74) is 0.398. The van der Waals surface area contributed by atoms with E-state index in [4.69, 9.17) is 4.74 Å². The molecular formula is C18H21N3O3S. The highest BCUT2D eigenvalue weighted by molar-refractivity contribution is 7.20. The van der Waals surface area contributed by atoms with Gasteiger partial charge in [0.15, 0.2) is 0 Å². The molecule has 5 heterocycles. The van der Waals surface area contributed by atoms with Crippen molar-refractivity contribution in [2.45, 2.75) is 31.8 Å². The van der Waals surface area contributed by atoms with E-state index in [0.717, 1.165) is 36.0 Å². The Morgan fingerprint density at radius 2 is 2.08 bits per heavy atom. The fourth-order valence-corrected chi connectivity index (χ4v) is 5.02. The summed E-state index contributed by atoms with van der Waals surface area (Å²) in [6.07, 6.45) is 3.94. The van der Waals surface area contributed by atoms with Gasteiger partial charge in [-0.25, -0.2) is 4.79 Å². The van der Waals surface area contributed by atoms with Crippen LogP contribution in [0.15, 0.2) is 18.3 Å². The maximum Gasteiger partial charge on any atom is 0.348 e. The minimum Gasteiger partial charge on any atom is -0.465 e. The molecule has 1 amide bonds. The molecule has 2 aromatic rings. The van der Waals surface area contributed by atoms with Gasteiger partial charge in [-0.2, -0.15) is 0 Å². The second-order valence-electron chi connectivity index (χ2n) is 6.82. The Labute approximate surface area is 150 Å². The molecule has 0 spiro atoms. The molecule has 132 valence electrons. The first kappa shape index (κ1) is 16.5. The van der Waals surface area contributed by atoms with Crippen molar-refractivity contribution < 1.29 is 14.3 Å². The van der Waals surface area contributed by atoms with Gasteiger partial charge in [0.05, 0.1) is 7.11 Å². The summed E-state index contributed by atoms with van der Waals surface area (Å²) in [5.74, 6) is 0.0502. The summed E-state index contributed by atoms with van der Waals surface area (Å²) < 4.78 is 5.61. The van der Waals surface area contributed by atoms with Gasteiger partial charge in [0, 0.05) is 28.4 Å². The van der Waals surface area contributed by atoms with E-state index in [9.17, 15) is 9.59 Å². The lowest BCUT2D eigenvalue weighted by Gasteiger charge is -2.49. The summed E-state index contributed by atoms with van der Waals surface area (Å²) in [6.45, 7) is 4.45. The van der Waals surface area contributed by atoms with E-state index in [1.807, 2.05) is 0 Å².